The third-order valence-corrected chi connectivity index (χ3v) is 5.95. The number of aliphatic hydroxyl groups excluding tert-OH is 1. The van der Waals surface area contributed by atoms with Gasteiger partial charge < -0.3 is 15.3 Å². The molecule has 1 atom stereocenters. The van der Waals surface area contributed by atoms with Gasteiger partial charge in [0.15, 0.2) is 0 Å². The monoisotopic (exact) mass is 406 g/mol. The Morgan fingerprint density at radius 2 is 1.07 bits per heavy atom. The van der Waals surface area contributed by atoms with Crippen LogP contribution >= 0.6 is 0 Å². The molecule has 168 valence electrons. The highest BCUT2D eigenvalue weighted by Gasteiger charge is 2.13. The van der Waals surface area contributed by atoms with Crippen molar-refractivity contribution in [1.29, 1.82) is 0 Å². The van der Waals surface area contributed by atoms with Gasteiger partial charge in [-0.3, -0.25) is 0 Å². The fourth-order valence-electron chi connectivity index (χ4n) is 4.07. The van der Waals surface area contributed by atoms with E-state index >= 15 is 0 Å². The third kappa shape index (κ3) is 12.2. The SMILES string of the molecule is CCCCCCCCCCCCCCCCCCc1cc(O)cc(C(C)O)c1O. The lowest BCUT2D eigenvalue weighted by molar-refractivity contribution is 0.194. The number of rotatable bonds is 18. The first-order valence-corrected chi connectivity index (χ1v) is 12.3. The van der Waals surface area contributed by atoms with Crippen molar-refractivity contribution in [3.05, 3.63) is 23.3 Å². The minimum absolute atomic E-state index is 0.116. The van der Waals surface area contributed by atoms with E-state index in [-0.39, 0.29) is 11.5 Å². The van der Waals surface area contributed by atoms with E-state index in [0.29, 0.717) is 5.56 Å². The maximum atomic E-state index is 10.2. The zero-order valence-electron chi connectivity index (χ0n) is 19.1. The number of hydrogen-bond acceptors (Lipinski definition) is 3. The molecule has 0 saturated heterocycles. The first-order chi connectivity index (χ1) is 14.1. The second-order valence-electron chi connectivity index (χ2n) is 8.77. The van der Waals surface area contributed by atoms with Crippen LogP contribution in [0.4, 0.5) is 0 Å². The van der Waals surface area contributed by atoms with Gasteiger partial charge in [-0.15, -0.1) is 0 Å². The summed E-state index contributed by atoms with van der Waals surface area (Å²) >= 11 is 0. The van der Waals surface area contributed by atoms with Crippen LogP contribution in [0.15, 0.2) is 12.1 Å². The third-order valence-electron chi connectivity index (χ3n) is 5.95. The van der Waals surface area contributed by atoms with Gasteiger partial charge in [-0.2, -0.15) is 0 Å². The summed E-state index contributed by atoms with van der Waals surface area (Å²) < 4.78 is 0. The van der Waals surface area contributed by atoms with Gasteiger partial charge in [0.05, 0.1) is 6.10 Å². The van der Waals surface area contributed by atoms with E-state index in [0.717, 1.165) is 24.8 Å². The highest BCUT2D eigenvalue weighted by Crippen LogP contribution is 2.33. The first kappa shape index (κ1) is 25.8. The van der Waals surface area contributed by atoms with E-state index < -0.39 is 6.10 Å². The van der Waals surface area contributed by atoms with Crippen molar-refractivity contribution < 1.29 is 15.3 Å². The van der Waals surface area contributed by atoms with Crippen molar-refractivity contribution in [3.63, 3.8) is 0 Å². The fraction of sp³-hybridized carbons (Fsp3) is 0.769. The topological polar surface area (TPSA) is 60.7 Å². The average Bonchev–Trinajstić information content (AvgIpc) is 2.69. The van der Waals surface area contributed by atoms with Crippen molar-refractivity contribution in [1.82, 2.24) is 0 Å². The van der Waals surface area contributed by atoms with Crippen LogP contribution < -0.4 is 0 Å². The molecule has 0 saturated carbocycles. The number of unbranched alkanes of at least 4 members (excludes halogenated alkanes) is 15. The molecule has 1 rings (SSSR count). The number of phenolic OH excluding ortho intramolecular Hbond substituents is 2. The molecule has 0 bridgehead atoms. The Kier molecular flexibility index (Phi) is 14.7. The summed E-state index contributed by atoms with van der Waals surface area (Å²) in [6.07, 6.45) is 21.4. The number of aliphatic hydroxyl groups is 1. The molecule has 0 spiro atoms. The van der Waals surface area contributed by atoms with Crippen molar-refractivity contribution in [2.45, 2.75) is 129 Å². The predicted molar refractivity (Wildman–Crippen MR) is 124 cm³/mol. The number of benzene rings is 1. The standard InChI is InChI=1S/C26H46O3/c1-3-4-5-6-7-8-9-10-11-12-13-14-15-16-17-18-19-23-20-24(28)21-25(22(2)27)26(23)29/h20-22,27-29H,3-19H2,1-2H3. The van der Waals surface area contributed by atoms with Gasteiger partial charge >= 0.3 is 0 Å². The maximum Gasteiger partial charge on any atom is 0.124 e. The van der Waals surface area contributed by atoms with Gasteiger partial charge in [-0.05, 0) is 37.5 Å². The minimum Gasteiger partial charge on any atom is -0.508 e. The Morgan fingerprint density at radius 1 is 0.655 bits per heavy atom. The Bertz CT molecular complexity index is 525. The van der Waals surface area contributed by atoms with Gasteiger partial charge in [0.1, 0.15) is 11.5 Å². The maximum absolute atomic E-state index is 10.2. The Hall–Kier alpha value is -1.22. The number of aryl methyl sites for hydroxylation is 1. The van der Waals surface area contributed by atoms with Crippen molar-refractivity contribution in [2.24, 2.45) is 0 Å². The molecule has 0 aliphatic carbocycles. The molecule has 0 aliphatic heterocycles. The Labute approximate surface area is 179 Å². The molecule has 0 radical (unpaired) electrons. The lowest BCUT2D eigenvalue weighted by Crippen LogP contribution is -1.96. The molecule has 1 unspecified atom stereocenters. The summed E-state index contributed by atoms with van der Waals surface area (Å²) in [6.45, 7) is 3.88. The molecule has 1 aromatic carbocycles. The largest absolute Gasteiger partial charge is 0.508 e. The molecule has 0 amide bonds. The van der Waals surface area contributed by atoms with E-state index in [4.69, 9.17) is 0 Å². The van der Waals surface area contributed by atoms with Crippen LogP contribution in [-0.4, -0.2) is 15.3 Å². The molecule has 0 aromatic heterocycles. The van der Waals surface area contributed by atoms with Gasteiger partial charge in [0.25, 0.3) is 0 Å². The van der Waals surface area contributed by atoms with Gasteiger partial charge in [0.2, 0.25) is 0 Å². The van der Waals surface area contributed by atoms with E-state index in [2.05, 4.69) is 6.92 Å². The number of aromatic hydroxyl groups is 2. The van der Waals surface area contributed by atoms with Crippen LogP contribution in [-0.2, 0) is 6.42 Å². The van der Waals surface area contributed by atoms with Gasteiger partial charge in [0, 0.05) is 5.56 Å². The van der Waals surface area contributed by atoms with E-state index in [1.165, 1.54) is 96.0 Å². The molecule has 1 aromatic rings. The van der Waals surface area contributed by atoms with Crippen molar-refractivity contribution in [2.75, 3.05) is 0 Å². The highest BCUT2D eigenvalue weighted by molar-refractivity contribution is 5.46. The van der Waals surface area contributed by atoms with Crippen LogP contribution in [0.25, 0.3) is 0 Å². The summed E-state index contributed by atoms with van der Waals surface area (Å²) in [7, 11) is 0. The van der Waals surface area contributed by atoms with Crippen molar-refractivity contribution >= 4 is 0 Å². The fourth-order valence-corrected chi connectivity index (χ4v) is 4.07. The molecular weight excluding hydrogens is 360 g/mol. The summed E-state index contributed by atoms with van der Waals surface area (Å²) in [6, 6.07) is 3.06. The highest BCUT2D eigenvalue weighted by atomic mass is 16.3. The zero-order chi connectivity index (χ0) is 21.3. The molecular formula is C26H46O3. The average molecular weight is 407 g/mol. The molecule has 29 heavy (non-hydrogen) atoms. The normalized spacial score (nSPS) is 12.4. The van der Waals surface area contributed by atoms with E-state index in [1.807, 2.05) is 0 Å². The molecule has 0 fully saturated rings. The second kappa shape index (κ2) is 16.6. The summed E-state index contributed by atoms with van der Waals surface area (Å²) in [5, 5.41) is 29.7. The van der Waals surface area contributed by atoms with Crippen LogP contribution in [0.3, 0.4) is 0 Å². The summed E-state index contributed by atoms with van der Waals surface area (Å²) in [5.41, 5.74) is 1.16. The van der Waals surface area contributed by atoms with Crippen LogP contribution in [0.5, 0.6) is 11.5 Å². The quantitative estimate of drug-likeness (QED) is 0.171. The van der Waals surface area contributed by atoms with E-state index in [9.17, 15) is 15.3 Å². The molecule has 3 heteroatoms. The molecule has 0 aliphatic rings. The number of hydrogen-bond donors (Lipinski definition) is 3. The molecule has 3 nitrogen and oxygen atoms in total. The Balaban J connectivity index is 1.96. The lowest BCUT2D eigenvalue weighted by Gasteiger charge is -2.13. The molecule has 3 N–H and O–H groups in total. The number of phenols is 2. The smallest absolute Gasteiger partial charge is 0.124 e. The van der Waals surface area contributed by atoms with Gasteiger partial charge in [-0.1, -0.05) is 103 Å². The first-order valence-electron chi connectivity index (χ1n) is 12.3. The van der Waals surface area contributed by atoms with Crippen molar-refractivity contribution in [3.8, 4) is 11.5 Å². The Morgan fingerprint density at radius 3 is 1.48 bits per heavy atom. The van der Waals surface area contributed by atoms with Gasteiger partial charge in [-0.25, -0.2) is 0 Å². The summed E-state index contributed by atoms with van der Waals surface area (Å²) in [4.78, 5) is 0. The molecule has 0 heterocycles. The van der Waals surface area contributed by atoms with Crippen LogP contribution in [0.2, 0.25) is 0 Å². The lowest BCUT2D eigenvalue weighted by atomic mass is 9.99. The van der Waals surface area contributed by atoms with Crippen LogP contribution in [0, 0.1) is 0 Å². The zero-order valence-corrected chi connectivity index (χ0v) is 19.1. The minimum atomic E-state index is -0.772. The second-order valence-corrected chi connectivity index (χ2v) is 8.77. The summed E-state index contributed by atoms with van der Waals surface area (Å²) in [5.74, 6) is 0.254. The van der Waals surface area contributed by atoms with Crippen LogP contribution in [0.1, 0.15) is 134 Å². The predicted octanol–water partition coefficient (Wildman–Crippen LogP) is 7.96. The van der Waals surface area contributed by atoms with E-state index in [1.54, 1.807) is 13.0 Å².